The van der Waals surface area contributed by atoms with E-state index in [1.54, 1.807) is 0 Å². The van der Waals surface area contributed by atoms with Crippen LogP contribution in [0.25, 0.3) is 0 Å². The molecular formula is C86H75O7P3S. The molecule has 0 amide bonds. The summed E-state index contributed by atoms with van der Waals surface area (Å²) in [6.45, 7) is 13.5. The van der Waals surface area contributed by atoms with Gasteiger partial charge >= 0.3 is 0 Å². The summed E-state index contributed by atoms with van der Waals surface area (Å²) < 4.78 is 31.8. The molecule has 482 valence electrons. The van der Waals surface area contributed by atoms with E-state index in [4.69, 9.17) is 0 Å². The van der Waals surface area contributed by atoms with Crippen LogP contribution in [-0.2, 0) is 10.1 Å². The molecule has 0 aliphatic rings. The molecule has 0 saturated carbocycles. The van der Waals surface area contributed by atoms with Gasteiger partial charge in [-0.25, -0.2) is 8.42 Å². The normalized spacial score (nSPS) is 11.3. The van der Waals surface area contributed by atoms with Crippen molar-refractivity contribution in [2.45, 2.75) is 46.4 Å². The first-order chi connectivity index (χ1) is 46.9. The van der Waals surface area contributed by atoms with Crippen molar-refractivity contribution >= 4 is 107 Å². The van der Waals surface area contributed by atoms with E-state index < -0.39 is 59.9 Å². The summed E-state index contributed by atoms with van der Waals surface area (Å²) in [6.07, 6.45) is 0. The average molecular weight is 1350 g/mol. The van der Waals surface area contributed by atoms with Gasteiger partial charge in [0.25, 0.3) is 0 Å². The molecule has 0 atom stereocenters. The fourth-order valence-corrected chi connectivity index (χ4v) is 27.0. The Labute approximate surface area is 573 Å². The zero-order valence-electron chi connectivity index (χ0n) is 55.0. The highest BCUT2D eigenvalue weighted by Gasteiger charge is 2.51. The third kappa shape index (κ3) is 14.9. The van der Waals surface area contributed by atoms with Crippen molar-refractivity contribution in [2.75, 3.05) is 0 Å². The molecule has 0 spiro atoms. The number of carboxylic acid groups (broad SMARTS) is 2. The van der Waals surface area contributed by atoms with Gasteiger partial charge < -0.3 is 24.4 Å². The fraction of sp³-hybridized carbons (Fsp3) is 0.0698. The Morgan fingerprint density at radius 3 is 0.588 bits per heavy atom. The van der Waals surface area contributed by atoms with Crippen molar-refractivity contribution in [3.63, 3.8) is 0 Å². The van der Waals surface area contributed by atoms with Crippen molar-refractivity contribution in [3.8, 4) is 0 Å². The second-order valence-electron chi connectivity index (χ2n) is 23.5. The Hall–Kier alpha value is -10.00. The number of aromatic carboxylic acids is 2. The van der Waals surface area contributed by atoms with E-state index in [9.17, 15) is 32.8 Å². The largest absolute Gasteiger partial charge is 0.744 e. The van der Waals surface area contributed by atoms with Gasteiger partial charge in [-0.15, -0.1) is 0 Å². The number of carboxylic acids is 2. The van der Waals surface area contributed by atoms with Crippen LogP contribution in [0.4, 0.5) is 0 Å². The van der Waals surface area contributed by atoms with Crippen molar-refractivity contribution in [2.24, 2.45) is 0 Å². The van der Waals surface area contributed by atoms with Crippen LogP contribution in [0, 0.1) is 41.5 Å². The standard InChI is InChI=1S/3C26H24P.C8H6O7S/c3*1-21-13-12-20-26(22(21)2)27(23-14-6-3-7-15-23,24-16-8-4-9-17-24)25-18-10-5-11-19-25;9-7(10)4-1-5(8(11)12)3-6(2-4)16(13,14)15/h3*3-20H,1-2H3;1-3H,(H,9,10)(H,11,12)(H,13,14,15)/q3*+1;/p-3. The van der Waals surface area contributed by atoms with Crippen LogP contribution in [0.1, 0.15) is 54.1 Å². The fourth-order valence-electron chi connectivity index (χ4n) is 12.7. The summed E-state index contributed by atoms with van der Waals surface area (Å²) in [6, 6.07) is 121. The van der Waals surface area contributed by atoms with Crippen molar-refractivity contribution in [3.05, 3.63) is 390 Å². The number of aryl methyl sites for hydroxylation is 3. The Morgan fingerprint density at radius 2 is 0.433 bits per heavy atom. The monoisotopic (exact) mass is 1340 g/mol. The van der Waals surface area contributed by atoms with Crippen molar-refractivity contribution < 1.29 is 32.8 Å². The van der Waals surface area contributed by atoms with E-state index >= 15 is 0 Å². The first-order valence-corrected chi connectivity index (χ1v) is 38.6. The highest BCUT2D eigenvalue weighted by molar-refractivity contribution is 8.02. The van der Waals surface area contributed by atoms with Gasteiger partial charge in [-0.3, -0.25) is 0 Å². The maximum Gasteiger partial charge on any atom is 0.144 e. The predicted octanol–water partition coefficient (Wildman–Crippen LogP) is 12.1. The first-order valence-electron chi connectivity index (χ1n) is 31.9. The number of rotatable bonds is 15. The second kappa shape index (κ2) is 31.7. The van der Waals surface area contributed by atoms with Gasteiger partial charge in [-0.05, 0) is 232 Å². The summed E-state index contributed by atoms with van der Waals surface area (Å²) in [5.41, 5.74) is 6.76. The van der Waals surface area contributed by atoms with Gasteiger partial charge in [0.1, 0.15) is 95.6 Å². The van der Waals surface area contributed by atoms with E-state index in [-0.39, 0.29) is 0 Å². The summed E-state index contributed by atoms with van der Waals surface area (Å²) in [5, 5.41) is 37.8. The third-order valence-electron chi connectivity index (χ3n) is 17.8. The van der Waals surface area contributed by atoms with E-state index in [0.717, 1.165) is 0 Å². The molecule has 0 bridgehead atoms. The summed E-state index contributed by atoms with van der Waals surface area (Å²) in [5.74, 6) is -3.60. The predicted molar refractivity (Wildman–Crippen MR) is 405 cm³/mol. The molecule has 0 aliphatic carbocycles. The molecule has 0 saturated heterocycles. The van der Waals surface area contributed by atoms with Crippen molar-refractivity contribution in [1.29, 1.82) is 0 Å². The van der Waals surface area contributed by atoms with Gasteiger partial charge in [0, 0.05) is 0 Å². The molecule has 11 heteroatoms. The second-order valence-corrected chi connectivity index (χ2v) is 35.0. The zero-order chi connectivity index (χ0) is 68.6. The molecule has 13 rings (SSSR count). The number of benzene rings is 13. The lowest BCUT2D eigenvalue weighted by Gasteiger charge is -2.29. The Balaban J connectivity index is 0.000000143. The minimum atomic E-state index is -4.95. The molecule has 0 unspecified atom stereocenters. The molecule has 0 aromatic heterocycles. The molecule has 13 aromatic carbocycles. The molecule has 7 nitrogen and oxygen atoms in total. The summed E-state index contributed by atoms with van der Waals surface area (Å²) >= 11 is 0. The van der Waals surface area contributed by atoms with E-state index in [1.165, 1.54) is 97.0 Å². The summed E-state index contributed by atoms with van der Waals surface area (Å²) in [7, 11) is -10.9. The van der Waals surface area contributed by atoms with Gasteiger partial charge in [-0.2, -0.15) is 0 Å². The van der Waals surface area contributed by atoms with E-state index in [1.807, 2.05) is 0 Å². The average Bonchev–Trinajstić information content (AvgIpc) is 0.746. The van der Waals surface area contributed by atoms with Crippen LogP contribution < -0.4 is 73.9 Å². The van der Waals surface area contributed by atoms with E-state index in [2.05, 4.69) is 369 Å². The minimum absolute atomic E-state index is 0.518. The molecule has 0 radical (unpaired) electrons. The number of carbonyl (C=O) groups is 2. The lowest BCUT2D eigenvalue weighted by atomic mass is 10.1. The number of carbonyl (C=O) groups excluding carboxylic acids is 2. The van der Waals surface area contributed by atoms with Crippen LogP contribution >= 0.6 is 21.8 Å². The maximum atomic E-state index is 10.6. The Kier molecular flexibility index (Phi) is 22.8. The Morgan fingerprint density at radius 1 is 0.258 bits per heavy atom. The molecule has 97 heavy (non-hydrogen) atoms. The summed E-state index contributed by atoms with van der Waals surface area (Å²) in [4.78, 5) is 19.9. The van der Waals surface area contributed by atoms with Crippen LogP contribution in [0.5, 0.6) is 0 Å². The van der Waals surface area contributed by atoms with Crippen LogP contribution in [0.2, 0.25) is 0 Å². The van der Waals surface area contributed by atoms with Crippen molar-refractivity contribution in [1.82, 2.24) is 0 Å². The molecular weight excluding hydrogens is 1270 g/mol. The molecule has 13 aromatic rings. The number of hydrogen-bond acceptors (Lipinski definition) is 7. The molecule has 0 heterocycles. The number of hydrogen-bond donors (Lipinski definition) is 0. The quantitative estimate of drug-likeness (QED) is 0.0736. The van der Waals surface area contributed by atoms with Crippen LogP contribution in [0.15, 0.2) is 351 Å². The highest BCUT2D eigenvalue weighted by atomic mass is 32.2. The molecule has 0 aliphatic heterocycles. The zero-order valence-corrected chi connectivity index (χ0v) is 58.5. The Bertz CT molecular complexity index is 4140. The third-order valence-corrected chi connectivity index (χ3v) is 31.9. The SMILES string of the molecule is Cc1cccc([P+](c2ccccc2)(c2ccccc2)c2ccccc2)c1C.Cc1cccc([P+](c2ccccc2)(c2ccccc2)c2ccccc2)c1C.Cc1cccc([P+](c2ccccc2)(c2ccccc2)c2ccccc2)c1C.O=C([O-])c1cc(C(=O)[O-])cc(S(=O)(=O)[O-])c1. The topological polar surface area (TPSA) is 137 Å². The minimum Gasteiger partial charge on any atom is -0.744 e. The van der Waals surface area contributed by atoms with Gasteiger partial charge in [0.05, 0.1) is 16.8 Å². The first kappa shape index (κ1) is 69.8. The lowest BCUT2D eigenvalue weighted by molar-refractivity contribution is -0.255. The molecule has 0 fully saturated rings. The van der Waals surface area contributed by atoms with E-state index in [0.29, 0.717) is 18.2 Å². The smallest absolute Gasteiger partial charge is 0.144 e. The highest BCUT2D eigenvalue weighted by Crippen LogP contribution is 2.57. The van der Waals surface area contributed by atoms with Crippen LogP contribution in [0.3, 0.4) is 0 Å². The van der Waals surface area contributed by atoms with Gasteiger partial charge in [0.2, 0.25) is 0 Å². The van der Waals surface area contributed by atoms with Gasteiger partial charge in [-0.1, -0.05) is 200 Å². The van der Waals surface area contributed by atoms with Gasteiger partial charge in [0.15, 0.2) is 0 Å². The maximum absolute atomic E-state index is 10.6. The lowest BCUT2D eigenvalue weighted by Crippen LogP contribution is -2.39. The molecule has 0 N–H and O–H groups in total. The van der Waals surface area contributed by atoms with Crippen LogP contribution in [-0.4, -0.2) is 24.9 Å².